The minimum atomic E-state index is 0.637. The molecule has 0 N–H and O–H groups in total. The van der Waals surface area contributed by atoms with E-state index in [2.05, 4.69) is 37.3 Å². The first-order chi connectivity index (χ1) is 8.90. The van der Waals surface area contributed by atoms with Crippen molar-refractivity contribution >= 4 is 0 Å². The van der Waals surface area contributed by atoms with Gasteiger partial charge in [-0.1, -0.05) is 43.3 Å². The Balaban J connectivity index is 2.16. The molecule has 0 spiro atoms. The molecule has 0 aliphatic carbocycles. The van der Waals surface area contributed by atoms with Crippen molar-refractivity contribution in [2.24, 2.45) is 0 Å². The molecule has 1 heterocycles. The van der Waals surface area contributed by atoms with Crippen LogP contribution in [-0.4, -0.2) is 13.2 Å². The number of fused-ring (bicyclic) bond motifs is 1. The van der Waals surface area contributed by atoms with Crippen LogP contribution in [0, 0.1) is 0 Å². The van der Waals surface area contributed by atoms with Crippen LogP contribution in [-0.2, 0) is 6.42 Å². The van der Waals surface area contributed by atoms with Crippen LogP contribution >= 0.6 is 0 Å². The van der Waals surface area contributed by atoms with Gasteiger partial charge >= 0.3 is 0 Å². The zero-order chi connectivity index (χ0) is 12.4. The quantitative estimate of drug-likeness (QED) is 0.797. The van der Waals surface area contributed by atoms with Gasteiger partial charge in [0.25, 0.3) is 0 Å². The van der Waals surface area contributed by atoms with Gasteiger partial charge in [0.05, 0.1) is 0 Å². The van der Waals surface area contributed by atoms with Crippen LogP contribution in [0.15, 0.2) is 42.5 Å². The number of benzene rings is 2. The van der Waals surface area contributed by atoms with Crippen molar-refractivity contribution in [1.29, 1.82) is 0 Å². The second-order valence-corrected chi connectivity index (χ2v) is 4.34. The highest BCUT2D eigenvalue weighted by Crippen LogP contribution is 2.40. The van der Waals surface area contributed by atoms with Crippen LogP contribution in [0.3, 0.4) is 0 Å². The molecule has 0 atom stereocenters. The summed E-state index contributed by atoms with van der Waals surface area (Å²) in [6.07, 6.45) is 0.941. The van der Waals surface area contributed by atoms with E-state index in [1.165, 1.54) is 16.7 Å². The Morgan fingerprint density at radius 2 is 1.72 bits per heavy atom. The Bertz CT molecular complexity index is 547. The molecule has 2 nitrogen and oxygen atoms in total. The summed E-state index contributed by atoms with van der Waals surface area (Å²) in [7, 11) is 0. The van der Waals surface area contributed by atoms with E-state index < -0.39 is 0 Å². The Labute approximate surface area is 107 Å². The summed E-state index contributed by atoms with van der Waals surface area (Å²) >= 11 is 0. The number of rotatable bonds is 2. The average Bonchev–Trinajstić information content (AvgIpc) is 2.47. The Morgan fingerprint density at radius 1 is 0.944 bits per heavy atom. The van der Waals surface area contributed by atoms with E-state index in [-0.39, 0.29) is 0 Å². The van der Waals surface area contributed by atoms with Gasteiger partial charge in [-0.2, -0.15) is 0 Å². The standard InChI is InChI=1S/C16H16O2/c1-2-13-14(12-6-4-3-5-7-12)8-9-15-16(13)18-11-10-17-15/h3-9H,2,10-11H2,1H3. The normalized spacial score (nSPS) is 13.4. The molecule has 0 amide bonds. The Hall–Kier alpha value is -1.96. The van der Waals surface area contributed by atoms with Crippen molar-refractivity contribution in [3.05, 3.63) is 48.0 Å². The zero-order valence-corrected chi connectivity index (χ0v) is 10.5. The molecule has 2 aromatic carbocycles. The molecule has 0 aromatic heterocycles. The first-order valence-corrected chi connectivity index (χ1v) is 6.37. The highest BCUT2D eigenvalue weighted by molar-refractivity contribution is 5.72. The largest absolute Gasteiger partial charge is 0.486 e. The first kappa shape index (κ1) is 11.1. The number of hydrogen-bond acceptors (Lipinski definition) is 2. The third kappa shape index (κ3) is 1.84. The maximum Gasteiger partial charge on any atom is 0.165 e. The van der Waals surface area contributed by atoms with Gasteiger partial charge in [-0.05, 0) is 23.6 Å². The lowest BCUT2D eigenvalue weighted by atomic mass is 9.96. The summed E-state index contributed by atoms with van der Waals surface area (Å²) < 4.78 is 11.4. The molecule has 0 bridgehead atoms. The van der Waals surface area contributed by atoms with Crippen molar-refractivity contribution in [3.8, 4) is 22.6 Å². The molecular formula is C16H16O2. The summed E-state index contributed by atoms with van der Waals surface area (Å²) in [5, 5.41) is 0. The topological polar surface area (TPSA) is 18.5 Å². The van der Waals surface area contributed by atoms with E-state index in [9.17, 15) is 0 Å². The molecule has 1 aliphatic rings. The maximum atomic E-state index is 5.78. The second kappa shape index (κ2) is 4.73. The minimum absolute atomic E-state index is 0.637. The van der Waals surface area contributed by atoms with Gasteiger partial charge in [0.15, 0.2) is 11.5 Å². The molecule has 0 unspecified atom stereocenters. The third-order valence-electron chi connectivity index (χ3n) is 3.25. The summed E-state index contributed by atoms with van der Waals surface area (Å²) in [5.41, 5.74) is 3.70. The fourth-order valence-corrected chi connectivity index (χ4v) is 2.41. The molecule has 1 aliphatic heterocycles. The van der Waals surface area contributed by atoms with Crippen molar-refractivity contribution in [2.45, 2.75) is 13.3 Å². The van der Waals surface area contributed by atoms with E-state index in [0.29, 0.717) is 13.2 Å². The van der Waals surface area contributed by atoms with E-state index in [1.807, 2.05) is 12.1 Å². The lowest BCUT2D eigenvalue weighted by molar-refractivity contribution is 0.170. The minimum Gasteiger partial charge on any atom is -0.486 e. The summed E-state index contributed by atoms with van der Waals surface area (Å²) in [6, 6.07) is 14.6. The van der Waals surface area contributed by atoms with Crippen LogP contribution in [0.25, 0.3) is 11.1 Å². The molecule has 2 heteroatoms. The highest BCUT2D eigenvalue weighted by atomic mass is 16.6. The van der Waals surface area contributed by atoms with Crippen LogP contribution in [0.2, 0.25) is 0 Å². The van der Waals surface area contributed by atoms with Crippen molar-refractivity contribution < 1.29 is 9.47 Å². The number of ether oxygens (including phenoxy) is 2. The van der Waals surface area contributed by atoms with Crippen LogP contribution in [0.1, 0.15) is 12.5 Å². The maximum absolute atomic E-state index is 5.78. The lowest BCUT2D eigenvalue weighted by Crippen LogP contribution is -2.16. The zero-order valence-electron chi connectivity index (χ0n) is 10.5. The van der Waals surface area contributed by atoms with Gasteiger partial charge < -0.3 is 9.47 Å². The average molecular weight is 240 g/mol. The van der Waals surface area contributed by atoms with E-state index in [0.717, 1.165) is 17.9 Å². The predicted molar refractivity (Wildman–Crippen MR) is 72.2 cm³/mol. The molecule has 0 fully saturated rings. The molecule has 0 saturated heterocycles. The highest BCUT2D eigenvalue weighted by Gasteiger charge is 2.18. The van der Waals surface area contributed by atoms with Gasteiger partial charge in [-0.15, -0.1) is 0 Å². The SMILES string of the molecule is CCc1c(-c2ccccc2)ccc2c1OCCO2. The fraction of sp³-hybridized carbons (Fsp3) is 0.250. The van der Waals surface area contributed by atoms with Crippen LogP contribution < -0.4 is 9.47 Å². The van der Waals surface area contributed by atoms with E-state index in [4.69, 9.17) is 9.47 Å². The molecule has 0 saturated carbocycles. The molecular weight excluding hydrogens is 224 g/mol. The molecule has 92 valence electrons. The van der Waals surface area contributed by atoms with Crippen molar-refractivity contribution in [3.63, 3.8) is 0 Å². The van der Waals surface area contributed by atoms with Crippen LogP contribution in [0.4, 0.5) is 0 Å². The Morgan fingerprint density at radius 3 is 2.50 bits per heavy atom. The summed E-state index contributed by atoms with van der Waals surface area (Å²) in [5.74, 6) is 1.79. The Kier molecular flexibility index (Phi) is 2.93. The second-order valence-electron chi connectivity index (χ2n) is 4.34. The van der Waals surface area contributed by atoms with Gasteiger partial charge in [0, 0.05) is 5.56 Å². The monoisotopic (exact) mass is 240 g/mol. The summed E-state index contributed by atoms with van der Waals surface area (Å²) in [4.78, 5) is 0. The summed E-state index contributed by atoms with van der Waals surface area (Å²) in [6.45, 7) is 3.43. The molecule has 0 radical (unpaired) electrons. The first-order valence-electron chi connectivity index (χ1n) is 6.37. The number of hydrogen-bond donors (Lipinski definition) is 0. The lowest BCUT2D eigenvalue weighted by Gasteiger charge is -2.22. The smallest absolute Gasteiger partial charge is 0.165 e. The van der Waals surface area contributed by atoms with Gasteiger partial charge in [-0.25, -0.2) is 0 Å². The van der Waals surface area contributed by atoms with Gasteiger partial charge in [-0.3, -0.25) is 0 Å². The fourth-order valence-electron chi connectivity index (χ4n) is 2.41. The predicted octanol–water partition coefficient (Wildman–Crippen LogP) is 3.69. The van der Waals surface area contributed by atoms with Crippen LogP contribution in [0.5, 0.6) is 11.5 Å². The van der Waals surface area contributed by atoms with Crippen molar-refractivity contribution in [1.82, 2.24) is 0 Å². The molecule has 18 heavy (non-hydrogen) atoms. The van der Waals surface area contributed by atoms with Crippen molar-refractivity contribution in [2.75, 3.05) is 13.2 Å². The molecule has 2 aromatic rings. The third-order valence-corrected chi connectivity index (χ3v) is 3.25. The van der Waals surface area contributed by atoms with E-state index in [1.54, 1.807) is 0 Å². The van der Waals surface area contributed by atoms with Gasteiger partial charge in [0.2, 0.25) is 0 Å². The van der Waals surface area contributed by atoms with E-state index >= 15 is 0 Å². The van der Waals surface area contributed by atoms with Gasteiger partial charge in [0.1, 0.15) is 13.2 Å². The molecule has 3 rings (SSSR count).